The number of hydrogen-bond acceptors (Lipinski definition) is 2. The Morgan fingerprint density at radius 2 is 1.56 bits per heavy atom. The van der Waals surface area contributed by atoms with Gasteiger partial charge < -0.3 is 4.74 Å². The third-order valence-corrected chi connectivity index (χ3v) is 2.86. The number of aldehydes is 1. The van der Waals surface area contributed by atoms with E-state index in [4.69, 9.17) is 4.74 Å². The summed E-state index contributed by atoms with van der Waals surface area (Å²) in [7, 11) is 0. The van der Waals surface area contributed by atoms with Crippen molar-refractivity contribution in [3.8, 4) is 11.5 Å². The molecule has 0 atom stereocenters. The van der Waals surface area contributed by atoms with E-state index in [1.165, 1.54) is 0 Å². The molecule has 0 spiro atoms. The summed E-state index contributed by atoms with van der Waals surface area (Å²) in [4.78, 5) is 11.0. The number of carbonyl (C=O) groups is 1. The minimum atomic E-state index is 0.580. The Balaban J connectivity index is 2.39. The first-order valence-corrected chi connectivity index (χ1v) is 5.91. The van der Waals surface area contributed by atoms with Gasteiger partial charge in [-0.05, 0) is 50.1 Å². The predicted molar refractivity (Wildman–Crippen MR) is 72.6 cm³/mol. The summed E-state index contributed by atoms with van der Waals surface area (Å²) < 4.78 is 5.84. The molecule has 0 amide bonds. The second-order valence-electron chi connectivity index (χ2n) is 4.53. The lowest BCUT2D eigenvalue weighted by Crippen LogP contribution is -1.93. The number of hydrogen-bond donors (Lipinski definition) is 0. The highest BCUT2D eigenvalue weighted by molar-refractivity contribution is 5.79. The Bertz CT molecular complexity index is 586. The molecule has 0 fully saturated rings. The highest BCUT2D eigenvalue weighted by Gasteiger charge is 2.06. The molecule has 2 aromatic rings. The summed E-state index contributed by atoms with van der Waals surface area (Å²) in [6.07, 6.45) is 0.827. The quantitative estimate of drug-likeness (QED) is 0.751. The van der Waals surface area contributed by atoms with Gasteiger partial charge in [0.1, 0.15) is 11.5 Å². The summed E-state index contributed by atoms with van der Waals surface area (Å²) in [6, 6.07) is 11.6. The first kappa shape index (κ1) is 12.4. The molecule has 0 aliphatic rings. The normalized spacial score (nSPS) is 10.2. The van der Waals surface area contributed by atoms with Crippen molar-refractivity contribution in [2.24, 2.45) is 0 Å². The molecule has 0 unspecified atom stereocenters. The van der Waals surface area contributed by atoms with Crippen molar-refractivity contribution in [1.29, 1.82) is 0 Å². The fourth-order valence-corrected chi connectivity index (χ4v) is 1.79. The van der Waals surface area contributed by atoms with Gasteiger partial charge in [-0.25, -0.2) is 0 Å². The lowest BCUT2D eigenvalue weighted by molar-refractivity contribution is 0.112. The predicted octanol–water partition coefficient (Wildman–Crippen LogP) is 4.22. The van der Waals surface area contributed by atoms with Crippen LogP contribution < -0.4 is 4.74 Å². The van der Waals surface area contributed by atoms with E-state index < -0.39 is 0 Å². The van der Waals surface area contributed by atoms with Crippen LogP contribution in [-0.2, 0) is 0 Å². The van der Waals surface area contributed by atoms with E-state index in [9.17, 15) is 4.79 Å². The molecule has 2 rings (SSSR count). The van der Waals surface area contributed by atoms with Crippen LogP contribution in [0.2, 0.25) is 0 Å². The van der Waals surface area contributed by atoms with E-state index in [2.05, 4.69) is 0 Å². The van der Waals surface area contributed by atoms with Crippen LogP contribution >= 0.6 is 0 Å². The molecule has 0 aliphatic heterocycles. The molecule has 0 radical (unpaired) electrons. The zero-order chi connectivity index (χ0) is 13.1. The monoisotopic (exact) mass is 240 g/mol. The molecule has 0 bridgehead atoms. The molecule has 0 N–H and O–H groups in total. The molecule has 2 nitrogen and oxygen atoms in total. The van der Waals surface area contributed by atoms with Gasteiger partial charge in [0, 0.05) is 0 Å². The van der Waals surface area contributed by atoms with Crippen molar-refractivity contribution in [3.63, 3.8) is 0 Å². The summed E-state index contributed by atoms with van der Waals surface area (Å²) in [5, 5.41) is 0. The van der Waals surface area contributed by atoms with E-state index in [1.807, 2.05) is 57.2 Å². The SMILES string of the molecule is Cc1ccc(Oc2cc(C)ccc2C)c(C=O)c1. The zero-order valence-electron chi connectivity index (χ0n) is 10.9. The molecule has 0 heterocycles. The Labute approximate surface area is 107 Å². The maximum atomic E-state index is 11.0. The van der Waals surface area contributed by atoms with Gasteiger partial charge in [0.2, 0.25) is 0 Å². The summed E-state index contributed by atoms with van der Waals surface area (Å²) >= 11 is 0. The molecule has 0 saturated heterocycles. The van der Waals surface area contributed by atoms with Gasteiger partial charge in [0.05, 0.1) is 5.56 Å². The molecular weight excluding hydrogens is 224 g/mol. The molecule has 2 aromatic carbocycles. The third kappa shape index (κ3) is 2.59. The third-order valence-electron chi connectivity index (χ3n) is 2.86. The van der Waals surface area contributed by atoms with E-state index >= 15 is 0 Å². The number of ether oxygens (including phenoxy) is 1. The number of carbonyl (C=O) groups excluding carboxylic acids is 1. The summed E-state index contributed by atoms with van der Waals surface area (Å²) in [5.74, 6) is 1.39. The second-order valence-corrected chi connectivity index (χ2v) is 4.53. The molecule has 0 aromatic heterocycles. The Kier molecular flexibility index (Phi) is 3.47. The lowest BCUT2D eigenvalue weighted by atomic mass is 10.1. The highest BCUT2D eigenvalue weighted by Crippen LogP contribution is 2.28. The average Bonchev–Trinajstić information content (AvgIpc) is 2.36. The van der Waals surface area contributed by atoms with Crippen LogP contribution in [0.1, 0.15) is 27.0 Å². The largest absolute Gasteiger partial charge is 0.456 e. The maximum Gasteiger partial charge on any atom is 0.153 e. The Morgan fingerprint density at radius 1 is 0.889 bits per heavy atom. The summed E-state index contributed by atoms with van der Waals surface area (Å²) in [5.41, 5.74) is 3.81. The Morgan fingerprint density at radius 3 is 2.28 bits per heavy atom. The number of aryl methyl sites for hydroxylation is 3. The number of rotatable bonds is 3. The van der Waals surface area contributed by atoms with Crippen LogP contribution in [0.5, 0.6) is 11.5 Å². The molecule has 92 valence electrons. The van der Waals surface area contributed by atoms with Crippen molar-refractivity contribution in [3.05, 3.63) is 58.7 Å². The van der Waals surface area contributed by atoms with Crippen molar-refractivity contribution < 1.29 is 9.53 Å². The van der Waals surface area contributed by atoms with Gasteiger partial charge in [0.15, 0.2) is 6.29 Å². The van der Waals surface area contributed by atoms with E-state index in [-0.39, 0.29) is 0 Å². The first-order valence-electron chi connectivity index (χ1n) is 5.91. The van der Waals surface area contributed by atoms with Gasteiger partial charge in [-0.15, -0.1) is 0 Å². The minimum Gasteiger partial charge on any atom is -0.456 e. The van der Waals surface area contributed by atoms with Crippen molar-refractivity contribution in [2.75, 3.05) is 0 Å². The van der Waals surface area contributed by atoms with Crippen LogP contribution in [-0.4, -0.2) is 6.29 Å². The van der Waals surface area contributed by atoms with Crippen molar-refractivity contribution in [1.82, 2.24) is 0 Å². The maximum absolute atomic E-state index is 11.0. The average molecular weight is 240 g/mol. The van der Waals surface area contributed by atoms with Crippen LogP contribution in [0.3, 0.4) is 0 Å². The van der Waals surface area contributed by atoms with Crippen LogP contribution in [0.25, 0.3) is 0 Å². The van der Waals surface area contributed by atoms with Gasteiger partial charge in [0.25, 0.3) is 0 Å². The van der Waals surface area contributed by atoms with Gasteiger partial charge in [-0.1, -0.05) is 23.8 Å². The zero-order valence-corrected chi connectivity index (χ0v) is 10.9. The molecule has 0 aliphatic carbocycles. The fourth-order valence-electron chi connectivity index (χ4n) is 1.79. The van der Waals surface area contributed by atoms with E-state index in [0.717, 1.165) is 28.7 Å². The van der Waals surface area contributed by atoms with Crippen molar-refractivity contribution >= 4 is 6.29 Å². The fraction of sp³-hybridized carbons (Fsp3) is 0.188. The second kappa shape index (κ2) is 5.05. The molecule has 2 heteroatoms. The van der Waals surface area contributed by atoms with Gasteiger partial charge in [-0.2, -0.15) is 0 Å². The molecule has 0 saturated carbocycles. The topological polar surface area (TPSA) is 26.3 Å². The van der Waals surface area contributed by atoms with Crippen LogP contribution in [0, 0.1) is 20.8 Å². The minimum absolute atomic E-state index is 0.580. The standard InChI is InChI=1S/C16H16O2/c1-11-5-7-15(14(8-11)10-17)18-16-9-12(2)4-6-13(16)3/h4-10H,1-3H3. The lowest BCUT2D eigenvalue weighted by Gasteiger charge is -2.11. The van der Waals surface area contributed by atoms with Crippen LogP contribution in [0.4, 0.5) is 0 Å². The number of benzene rings is 2. The molecular formula is C16H16O2. The van der Waals surface area contributed by atoms with E-state index in [1.54, 1.807) is 0 Å². The Hall–Kier alpha value is -2.09. The molecule has 18 heavy (non-hydrogen) atoms. The van der Waals surface area contributed by atoms with Gasteiger partial charge in [-0.3, -0.25) is 4.79 Å². The highest BCUT2D eigenvalue weighted by atomic mass is 16.5. The van der Waals surface area contributed by atoms with Crippen LogP contribution in [0.15, 0.2) is 36.4 Å². The smallest absolute Gasteiger partial charge is 0.153 e. The van der Waals surface area contributed by atoms with Gasteiger partial charge >= 0.3 is 0 Å². The van der Waals surface area contributed by atoms with Crippen molar-refractivity contribution in [2.45, 2.75) is 20.8 Å². The first-order chi connectivity index (χ1) is 8.60. The summed E-state index contributed by atoms with van der Waals surface area (Å²) in [6.45, 7) is 5.96. The van der Waals surface area contributed by atoms with E-state index in [0.29, 0.717) is 11.3 Å².